The van der Waals surface area contributed by atoms with Gasteiger partial charge in [0.05, 0.1) is 5.02 Å². The Hall–Kier alpha value is -2.04. The van der Waals surface area contributed by atoms with Gasteiger partial charge in [0, 0.05) is 15.7 Å². The molecule has 2 aromatic carbocycles. The Kier molecular flexibility index (Phi) is 4.32. The molecule has 0 aliphatic carbocycles. The first-order valence-corrected chi connectivity index (χ1v) is 7.72. The topological polar surface area (TPSA) is 42.2 Å². The molecule has 1 N–H and O–H groups in total. The Bertz CT molecular complexity index is 812. The summed E-state index contributed by atoms with van der Waals surface area (Å²) in [5, 5.41) is 3.36. The molecule has 1 heterocycles. The maximum Gasteiger partial charge on any atom is 0.291 e. The predicted molar refractivity (Wildman–Crippen MR) is 91.2 cm³/mol. The first-order valence-electron chi connectivity index (χ1n) is 6.55. The molecule has 0 aliphatic rings. The first-order chi connectivity index (χ1) is 10.6. The molecule has 5 heteroatoms. The van der Waals surface area contributed by atoms with Gasteiger partial charge in [-0.05, 0) is 48.5 Å². The average molecular weight is 377 g/mol. The fourth-order valence-electron chi connectivity index (χ4n) is 1.99. The van der Waals surface area contributed by atoms with Gasteiger partial charge in [-0.15, -0.1) is 0 Å². The van der Waals surface area contributed by atoms with E-state index in [9.17, 15) is 4.79 Å². The van der Waals surface area contributed by atoms with E-state index in [1.165, 1.54) is 0 Å². The molecule has 110 valence electrons. The smallest absolute Gasteiger partial charge is 0.291 e. The number of hydrogen-bond acceptors (Lipinski definition) is 2. The van der Waals surface area contributed by atoms with Crippen molar-refractivity contribution in [1.29, 1.82) is 0 Å². The van der Waals surface area contributed by atoms with Gasteiger partial charge in [0.2, 0.25) is 0 Å². The quantitative estimate of drug-likeness (QED) is 0.645. The summed E-state index contributed by atoms with van der Waals surface area (Å²) >= 11 is 9.48. The van der Waals surface area contributed by atoms with Crippen molar-refractivity contribution in [2.24, 2.45) is 0 Å². The van der Waals surface area contributed by atoms with E-state index in [2.05, 4.69) is 21.2 Å². The lowest BCUT2D eigenvalue weighted by atomic mass is 10.2. The largest absolute Gasteiger partial charge is 0.451 e. The van der Waals surface area contributed by atoms with Gasteiger partial charge in [0.1, 0.15) is 5.76 Å². The van der Waals surface area contributed by atoms with Crippen molar-refractivity contribution < 1.29 is 9.21 Å². The lowest BCUT2D eigenvalue weighted by molar-refractivity contribution is 0.0997. The van der Waals surface area contributed by atoms with Gasteiger partial charge < -0.3 is 9.73 Å². The summed E-state index contributed by atoms with van der Waals surface area (Å²) in [5.41, 5.74) is 1.45. The van der Waals surface area contributed by atoms with Crippen molar-refractivity contribution in [1.82, 2.24) is 0 Å². The number of carbonyl (C=O) groups excluding carboxylic acids is 1. The number of anilines is 1. The average Bonchev–Trinajstić information content (AvgIpc) is 3.00. The summed E-state index contributed by atoms with van der Waals surface area (Å²) in [4.78, 5) is 12.2. The van der Waals surface area contributed by atoms with Crippen LogP contribution in [0.2, 0.25) is 5.02 Å². The molecule has 0 aliphatic heterocycles. The van der Waals surface area contributed by atoms with Crippen LogP contribution in [0.1, 0.15) is 10.6 Å². The van der Waals surface area contributed by atoms with Crippen LogP contribution >= 0.6 is 27.5 Å². The second kappa shape index (κ2) is 6.38. The summed E-state index contributed by atoms with van der Waals surface area (Å²) in [7, 11) is 0. The van der Waals surface area contributed by atoms with E-state index in [0.717, 1.165) is 10.0 Å². The lowest BCUT2D eigenvalue weighted by Gasteiger charge is -2.03. The predicted octanol–water partition coefficient (Wildman–Crippen LogP) is 5.61. The Balaban J connectivity index is 1.80. The number of rotatable bonds is 3. The zero-order valence-electron chi connectivity index (χ0n) is 11.3. The molecule has 0 atom stereocenters. The van der Waals surface area contributed by atoms with Crippen LogP contribution in [0.3, 0.4) is 0 Å². The minimum atomic E-state index is -0.305. The third-order valence-corrected chi connectivity index (χ3v) is 3.93. The standard InChI is InChI=1S/C17H11BrClNO2/c18-11-5-7-12(8-6-11)20-17(21)16-10-9-15(22-16)13-3-1-2-4-14(13)19/h1-10H,(H,20,21). The van der Waals surface area contributed by atoms with Gasteiger partial charge in [-0.1, -0.05) is 39.7 Å². The minimum Gasteiger partial charge on any atom is -0.451 e. The zero-order valence-corrected chi connectivity index (χ0v) is 13.7. The normalized spacial score (nSPS) is 10.5. The molecule has 0 fully saturated rings. The molecule has 0 saturated heterocycles. The van der Waals surface area contributed by atoms with Crippen molar-refractivity contribution in [3.05, 3.63) is 75.9 Å². The number of benzene rings is 2. The number of hydrogen-bond donors (Lipinski definition) is 1. The van der Waals surface area contributed by atoms with Gasteiger partial charge in [-0.3, -0.25) is 4.79 Å². The van der Waals surface area contributed by atoms with Crippen LogP contribution in [-0.2, 0) is 0 Å². The molecule has 1 aromatic heterocycles. The highest BCUT2D eigenvalue weighted by molar-refractivity contribution is 9.10. The van der Waals surface area contributed by atoms with Crippen molar-refractivity contribution >= 4 is 39.1 Å². The summed E-state index contributed by atoms with van der Waals surface area (Å²) in [5.74, 6) is 0.491. The number of furan rings is 1. The van der Waals surface area contributed by atoms with Crippen LogP contribution in [0.4, 0.5) is 5.69 Å². The SMILES string of the molecule is O=C(Nc1ccc(Br)cc1)c1ccc(-c2ccccc2Cl)o1. The third-order valence-electron chi connectivity index (χ3n) is 3.07. The molecular weight excluding hydrogens is 366 g/mol. The molecule has 0 bridgehead atoms. The Morgan fingerprint density at radius 3 is 2.45 bits per heavy atom. The third kappa shape index (κ3) is 3.24. The Labute approximate surface area is 141 Å². The second-order valence-electron chi connectivity index (χ2n) is 4.60. The summed E-state index contributed by atoms with van der Waals surface area (Å²) < 4.78 is 6.55. The van der Waals surface area contributed by atoms with Crippen LogP contribution in [-0.4, -0.2) is 5.91 Å². The molecule has 3 rings (SSSR count). The van der Waals surface area contributed by atoms with Crippen LogP contribution < -0.4 is 5.32 Å². The van der Waals surface area contributed by atoms with E-state index in [1.807, 2.05) is 30.3 Å². The summed E-state index contributed by atoms with van der Waals surface area (Å²) in [6.45, 7) is 0. The van der Waals surface area contributed by atoms with Gasteiger partial charge in [0.25, 0.3) is 5.91 Å². The maximum atomic E-state index is 12.2. The van der Waals surface area contributed by atoms with Crippen molar-refractivity contribution in [3.8, 4) is 11.3 Å². The Morgan fingerprint density at radius 1 is 1.00 bits per heavy atom. The van der Waals surface area contributed by atoms with Crippen LogP contribution in [0.25, 0.3) is 11.3 Å². The minimum absolute atomic E-state index is 0.234. The molecule has 22 heavy (non-hydrogen) atoms. The van der Waals surface area contributed by atoms with Crippen molar-refractivity contribution in [2.45, 2.75) is 0 Å². The number of carbonyl (C=O) groups is 1. The van der Waals surface area contributed by atoms with Crippen LogP contribution in [0.5, 0.6) is 0 Å². The van der Waals surface area contributed by atoms with E-state index < -0.39 is 0 Å². The van der Waals surface area contributed by atoms with Gasteiger partial charge in [-0.2, -0.15) is 0 Å². The maximum absolute atomic E-state index is 12.2. The fourth-order valence-corrected chi connectivity index (χ4v) is 2.48. The first kappa shape index (κ1) is 14.9. The van der Waals surface area contributed by atoms with Gasteiger partial charge >= 0.3 is 0 Å². The van der Waals surface area contributed by atoms with Gasteiger partial charge in [0.15, 0.2) is 5.76 Å². The van der Waals surface area contributed by atoms with Gasteiger partial charge in [-0.25, -0.2) is 0 Å². The van der Waals surface area contributed by atoms with E-state index in [-0.39, 0.29) is 11.7 Å². The molecule has 0 radical (unpaired) electrons. The highest BCUT2D eigenvalue weighted by Gasteiger charge is 2.13. The van der Waals surface area contributed by atoms with Crippen LogP contribution in [0, 0.1) is 0 Å². The van der Waals surface area contributed by atoms with Crippen molar-refractivity contribution in [2.75, 3.05) is 5.32 Å². The van der Waals surface area contributed by atoms with Crippen molar-refractivity contribution in [3.63, 3.8) is 0 Å². The van der Waals surface area contributed by atoms with E-state index >= 15 is 0 Å². The molecule has 0 saturated carbocycles. The molecule has 0 unspecified atom stereocenters. The number of amides is 1. The van der Waals surface area contributed by atoms with E-state index in [1.54, 1.807) is 30.3 Å². The van der Waals surface area contributed by atoms with Crippen LogP contribution in [0.15, 0.2) is 69.6 Å². The molecule has 1 amide bonds. The fraction of sp³-hybridized carbons (Fsp3) is 0. The second-order valence-corrected chi connectivity index (χ2v) is 5.93. The van der Waals surface area contributed by atoms with E-state index in [4.69, 9.17) is 16.0 Å². The lowest BCUT2D eigenvalue weighted by Crippen LogP contribution is -2.10. The summed E-state index contributed by atoms with van der Waals surface area (Å²) in [6, 6.07) is 18.0. The molecule has 3 nitrogen and oxygen atoms in total. The monoisotopic (exact) mass is 375 g/mol. The Morgan fingerprint density at radius 2 is 1.73 bits per heavy atom. The van der Waals surface area contributed by atoms with E-state index in [0.29, 0.717) is 16.5 Å². The molecule has 3 aromatic rings. The molecule has 0 spiro atoms. The zero-order chi connectivity index (χ0) is 15.5. The number of halogens is 2. The molecular formula is C17H11BrClNO2. The number of nitrogens with one attached hydrogen (secondary N) is 1. The highest BCUT2D eigenvalue weighted by Crippen LogP contribution is 2.29. The summed E-state index contributed by atoms with van der Waals surface area (Å²) in [6.07, 6.45) is 0. The highest BCUT2D eigenvalue weighted by atomic mass is 79.9.